The van der Waals surface area contributed by atoms with Gasteiger partial charge in [-0.3, -0.25) is 0 Å². The van der Waals surface area contributed by atoms with E-state index >= 15 is 0 Å². The molecule has 0 amide bonds. The quantitative estimate of drug-likeness (QED) is 0.741. The Morgan fingerprint density at radius 1 is 1.38 bits per heavy atom. The first kappa shape index (κ1) is 8.70. The van der Waals surface area contributed by atoms with Gasteiger partial charge in [0.2, 0.25) is 0 Å². The molecule has 70 valence electrons. The molecule has 1 aromatic rings. The third kappa shape index (κ3) is 1.46. The van der Waals surface area contributed by atoms with Crippen molar-refractivity contribution in [3.63, 3.8) is 0 Å². The molecular weight excluding hydrogens is 167 g/mol. The molecule has 0 spiro atoms. The maximum atomic E-state index is 13.2. The maximum Gasteiger partial charge on any atom is 0.129 e. The first-order chi connectivity index (χ1) is 6.13. The van der Waals surface area contributed by atoms with E-state index in [2.05, 4.69) is 0 Å². The lowest BCUT2D eigenvalue weighted by Crippen LogP contribution is -2.11. The number of aliphatic hydroxyl groups excluding tert-OH is 1. The summed E-state index contributed by atoms with van der Waals surface area (Å²) < 4.78 is 13.2. The van der Waals surface area contributed by atoms with E-state index in [4.69, 9.17) is 0 Å². The van der Waals surface area contributed by atoms with E-state index in [-0.39, 0.29) is 11.2 Å². The number of benzene rings is 1. The summed E-state index contributed by atoms with van der Waals surface area (Å²) in [4.78, 5) is 0. The van der Waals surface area contributed by atoms with Crippen LogP contribution in [0.5, 0.6) is 0 Å². The Hall–Kier alpha value is -0.890. The average Bonchev–Trinajstić information content (AvgIpc) is 2.85. The fraction of sp³-hybridized carbons (Fsp3) is 0.455. The van der Waals surface area contributed by atoms with E-state index in [0.717, 1.165) is 12.8 Å². The minimum Gasteiger partial charge on any atom is -0.388 e. The fourth-order valence-corrected chi connectivity index (χ4v) is 1.54. The van der Waals surface area contributed by atoms with Gasteiger partial charge in [-0.1, -0.05) is 25.1 Å². The summed E-state index contributed by atoms with van der Waals surface area (Å²) in [5.41, 5.74) is 0.352. The summed E-state index contributed by atoms with van der Waals surface area (Å²) in [5, 5.41) is 9.86. The molecule has 13 heavy (non-hydrogen) atoms. The third-order valence-corrected chi connectivity index (χ3v) is 2.90. The van der Waals surface area contributed by atoms with Crippen LogP contribution < -0.4 is 0 Å². The van der Waals surface area contributed by atoms with Gasteiger partial charge in [-0.05, 0) is 24.3 Å². The molecule has 0 heterocycles. The van der Waals surface area contributed by atoms with Gasteiger partial charge in [0.05, 0.1) is 6.10 Å². The van der Waals surface area contributed by atoms with Gasteiger partial charge in [0.25, 0.3) is 0 Å². The number of rotatable bonds is 2. The van der Waals surface area contributed by atoms with E-state index in [9.17, 15) is 9.50 Å². The smallest absolute Gasteiger partial charge is 0.129 e. The maximum absolute atomic E-state index is 13.2. The molecule has 2 rings (SSSR count). The van der Waals surface area contributed by atoms with Gasteiger partial charge in [-0.15, -0.1) is 0 Å². The molecule has 0 bridgehead atoms. The molecule has 2 heteroatoms. The van der Waals surface area contributed by atoms with E-state index < -0.39 is 6.10 Å². The predicted molar refractivity (Wildman–Crippen MR) is 48.7 cm³/mol. The van der Waals surface area contributed by atoms with E-state index in [0.29, 0.717) is 5.56 Å². The van der Waals surface area contributed by atoms with Crippen LogP contribution in [0.4, 0.5) is 4.39 Å². The molecule has 1 atom stereocenters. The number of halogens is 1. The molecule has 1 aliphatic carbocycles. The van der Waals surface area contributed by atoms with Gasteiger partial charge in [0.15, 0.2) is 0 Å². The molecule has 1 nitrogen and oxygen atoms in total. The molecule has 1 N–H and O–H groups in total. The average molecular weight is 180 g/mol. The summed E-state index contributed by atoms with van der Waals surface area (Å²) in [6.45, 7) is 1.99. The Morgan fingerprint density at radius 3 is 2.54 bits per heavy atom. The summed E-state index contributed by atoms with van der Waals surface area (Å²) in [6, 6.07) is 6.45. The van der Waals surface area contributed by atoms with Gasteiger partial charge >= 0.3 is 0 Å². The highest BCUT2D eigenvalue weighted by Gasteiger charge is 2.45. The Bertz CT molecular complexity index is 318. The Kier molecular flexibility index (Phi) is 1.88. The van der Waals surface area contributed by atoms with E-state index in [1.54, 1.807) is 18.2 Å². The highest BCUT2D eigenvalue weighted by Crippen LogP contribution is 2.54. The number of hydrogen-bond donors (Lipinski definition) is 1. The summed E-state index contributed by atoms with van der Waals surface area (Å²) in [7, 11) is 0. The van der Waals surface area contributed by atoms with Gasteiger partial charge in [0, 0.05) is 5.56 Å². The molecule has 1 aromatic carbocycles. The van der Waals surface area contributed by atoms with Crippen LogP contribution >= 0.6 is 0 Å². The zero-order valence-corrected chi connectivity index (χ0v) is 7.63. The SMILES string of the molecule is CC1(C(O)c2ccccc2F)CC1. The lowest BCUT2D eigenvalue weighted by molar-refractivity contribution is 0.0998. The monoisotopic (exact) mass is 180 g/mol. The van der Waals surface area contributed by atoms with Gasteiger partial charge in [-0.25, -0.2) is 4.39 Å². The minimum atomic E-state index is -0.645. The topological polar surface area (TPSA) is 20.2 Å². The van der Waals surface area contributed by atoms with Crippen LogP contribution in [0.25, 0.3) is 0 Å². The van der Waals surface area contributed by atoms with Crippen LogP contribution in [0.1, 0.15) is 31.4 Å². The fourth-order valence-electron chi connectivity index (χ4n) is 1.54. The molecule has 1 saturated carbocycles. The second-order valence-electron chi connectivity index (χ2n) is 4.08. The second-order valence-corrected chi connectivity index (χ2v) is 4.08. The third-order valence-electron chi connectivity index (χ3n) is 2.90. The normalized spacial score (nSPS) is 21.2. The van der Waals surface area contributed by atoms with Crippen molar-refractivity contribution in [2.24, 2.45) is 5.41 Å². The van der Waals surface area contributed by atoms with Crippen molar-refractivity contribution in [2.45, 2.75) is 25.9 Å². The molecule has 1 aliphatic rings. The molecule has 1 fully saturated rings. The van der Waals surface area contributed by atoms with Gasteiger partial charge in [-0.2, -0.15) is 0 Å². The molecule has 0 radical (unpaired) electrons. The van der Waals surface area contributed by atoms with Crippen molar-refractivity contribution in [2.75, 3.05) is 0 Å². The van der Waals surface area contributed by atoms with Crippen molar-refractivity contribution >= 4 is 0 Å². The molecular formula is C11H13FO. The van der Waals surface area contributed by atoms with Crippen LogP contribution in [0.3, 0.4) is 0 Å². The molecule has 0 saturated heterocycles. The highest BCUT2D eigenvalue weighted by atomic mass is 19.1. The van der Waals surface area contributed by atoms with Crippen molar-refractivity contribution < 1.29 is 9.50 Å². The van der Waals surface area contributed by atoms with E-state index in [1.807, 2.05) is 6.92 Å². The zero-order valence-electron chi connectivity index (χ0n) is 7.63. The molecule has 0 aromatic heterocycles. The first-order valence-corrected chi connectivity index (χ1v) is 4.56. The minimum absolute atomic E-state index is 0.0812. The van der Waals surface area contributed by atoms with Crippen LogP contribution in [-0.2, 0) is 0 Å². The molecule has 0 aliphatic heterocycles. The van der Waals surface area contributed by atoms with Crippen LogP contribution in [0.2, 0.25) is 0 Å². The van der Waals surface area contributed by atoms with Crippen LogP contribution in [0, 0.1) is 11.2 Å². The predicted octanol–water partition coefficient (Wildman–Crippen LogP) is 2.66. The largest absolute Gasteiger partial charge is 0.388 e. The van der Waals surface area contributed by atoms with Crippen molar-refractivity contribution in [3.05, 3.63) is 35.6 Å². The molecule has 1 unspecified atom stereocenters. The second kappa shape index (κ2) is 2.81. The van der Waals surface area contributed by atoms with Crippen molar-refractivity contribution in [1.29, 1.82) is 0 Å². The van der Waals surface area contributed by atoms with Crippen molar-refractivity contribution in [1.82, 2.24) is 0 Å². The van der Waals surface area contributed by atoms with Crippen LogP contribution in [0.15, 0.2) is 24.3 Å². The number of hydrogen-bond acceptors (Lipinski definition) is 1. The van der Waals surface area contributed by atoms with Gasteiger partial charge < -0.3 is 5.11 Å². The summed E-state index contributed by atoms with van der Waals surface area (Å²) >= 11 is 0. The standard InChI is InChI=1S/C11H13FO/c1-11(6-7-11)10(13)8-4-2-3-5-9(8)12/h2-5,10,13H,6-7H2,1H3. The lowest BCUT2D eigenvalue weighted by atomic mass is 9.94. The lowest BCUT2D eigenvalue weighted by Gasteiger charge is -2.18. The van der Waals surface area contributed by atoms with Crippen LogP contribution in [-0.4, -0.2) is 5.11 Å². The van der Waals surface area contributed by atoms with E-state index in [1.165, 1.54) is 6.07 Å². The number of aliphatic hydroxyl groups is 1. The summed E-state index contributed by atoms with van der Waals surface area (Å²) in [5.74, 6) is -0.303. The zero-order chi connectivity index (χ0) is 9.47. The first-order valence-electron chi connectivity index (χ1n) is 4.56. The van der Waals surface area contributed by atoms with Gasteiger partial charge in [0.1, 0.15) is 5.82 Å². The Morgan fingerprint density at radius 2 is 2.00 bits per heavy atom. The van der Waals surface area contributed by atoms with Crippen molar-refractivity contribution in [3.8, 4) is 0 Å². The summed E-state index contributed by atoms with van der Waals surface area (Å²) in [6.07, 6.45) is 1.33. The Labute approximate surface area is 77.2 Å². The Balaban J connectivity index is 2.30. The highest BCUT2D eigenvalue weighted by molar-refractivity contribution is 5.23.